The number of carbonyl (C=O) groups is 1. The van der Waals surface area contributed by atoms with Gasteiger partial charge in [-0.1, -0.05) is 65.8 Å². The number of thioether (sulfide) groups is 1. The highest BCUT2D eigenvalue weighted by Gasteiger charge is 2.20. The molecule has 0 bridgehead atoms. The number of aromatic nitrogens is 3. The van der Waals surface area contributed by atoms with Crippen LogP contribution >= 0.6 is 23.4 Å². The van der Waals surface area contributed by atoms with Crippen LogP contribution in [0.2, 0.25) is 5.02 Å². The van der Waals surface area contributed by atoms with E-state index in [0.29, 0.717) is 22.4 Å². The second kappa shape index (κ2) is 8.88. The van der Waals surface area contributed by atoms with Gasteiger partial charge in [0.15, 0.2) is 11.0 Å². The Kier molecular flexibility index (Phi) is 6.32. The lowest BCUT2D eigenvalue weighted by Crippen LogP contribution is -2.23. The van der Waals surface area contributed by atoms with Crippen LogP contribution in [-0.2, 0) is 11.3 Å². The Morgan fingerprint density at radius 3 is 2.74 bits per heavy atom. The molecule has 1 atom stereocenters. The molecule has 0 aliphatic rings. The summed E-state index contributed by atoms with van der Waals surface area (Å²) in [6.07, 6.45) is 1.79. The maximum atomic E-state index is 12.5. The first-order valence-electron chi connectivity index (χ1n) is 8.41. The summed E-state index contributed by atoms with van der Waals surface area (Å²) in [5.74, 6) is 0.622. The number of allylic oxidation sites excluding steroid dienone is 1. The molecule has 1 amide bonds. The van der Waals surface area contributed by atoms with Gasteiger partial charge in [0.05, 0.1) is 5.25 Å². The van der Waals surface area contributed by atoms with Crippen molar-refractivity contribution < 1.29 is 4.79 Å². The van der Waals surface area contributed by atoms with E-state index in [2.05, 4.69) is 22.1 Å². The highest BCUT2D eigenvalue weighted by Crippen LogP contribution is 2.27. The summed E-state index contributed by atoms with van der Waals surface area (Å²) in [5.41, 5.74) is 1.63. The van der Waals surface area contributed by atoms with Crippen LogP contribution in [-0.4, -0.2) is 25.9 Å². The van der Waals surface area contributed by atoms with Crippen molar-refractivity contribution in [2.45, 2.75) is 23.9 Å². The molecule has 0 fully saturated rings. The molecule has 0 saturated heterocycles. The Morgan fingerprint density at radius 2 is 2.04 bits per heavy atom. The average molecular weight is 399 g/mol. The van der Waals surface area contributed by atoms with E-state index in [1.807, 2.05) is 41.8 Å². The maximum absolute atomic E-state index is 12.5. The largest absolute Gasteiger partial charge is 0.325 e. The molecule has 0 spiro atoms. The Morgan fingerprint density at radius 1 is 1.26 bits per heavy atom. The van der Waals surface area contributed by atoms with E-state index in [9.17, 15) is 4.79 Å². The summed E-state index contributed by atoms with van der Waals surface area (Å²) in [6, 6.07) is 16.9. The van der Waals surface area contributed by atoms with Crippen molar-refractivity contribution in [3.05, 3.63) is 72.3 Å². The molecular formula is C20H19ClN4OS. The van der Waals surface area contributed by atoms with E-state index < -0.39 is 0 Å². The third-order valence-corrected chi connectivity index (χ3v) is 5.12. The SMILES string of the molecule is C=CCn1c(S[C@@H](C)C(=O)Nc2cccc(Cl)c2)nnc1-c1ccccc1. The van der Waals surface area contributed by atoms with E-state index in [0.717, 1.165) is 11.4 Å². The van der Waals surface area contributed by atoms with Crippen LogP contribution in [0.25, 0.3) is 11.4 Å². The van der Waals surface area contributed by atoms with Crippen molar-refractivity contribution in [2.24, 2.45) is 0 Å². The second-order valence-corrected chi connectivity index (χ2v) is 7.58. The first kappa shape index (κ1) is 19.2. The molecule has 0 aliphatic heterocycles. The van der Waals surface area contributed by atoms with Crippen molar-refractivity contribution >= 4 is 35.0 Å². The highest BCUT2D eigenvalue weighted by molar-refractivity contribution is 8.00. The molecule has 3 rings (SSSR count). The number of benzene rings is 2. The van der Waals surface area contributed by atoms with Crippen LogP contribution in [0.5, 0.6) is 0 Å². The quantitative estimate of drug-likeness (QED) is 0.454. The van der Waals surface area contributed by atoms with Gasteiger partial charge in [0.25, 0.3) is 0 Å². The molecular weight excluding hydrogens is 380 g/mol. The third kappa shape index (κ3) is 4.78. The van der Waals surface area contributed by atoms with Crippen molar-refractivity contribution in [1.29, 1.82) is 0 Å². The normalized spacial score (nSPS) is 11.8. The fourth-order valence-electron chi connectivity index (χ4n) is 2.49. The molecule has 1 aromatic heterocycles. The standard InChI is InChI=1S/C20H19ClN4OS/c1-3-12-25-18(15-8-5-4-6-9-15)23-24-20(25)27-14(2)19(26)22-17-11-7-10-16(21)13-17/h3-11,13-14H,1,12H2,2H3,(H,22,26)/t14-/m0/s1. The molecule has 7 heteroatoms. The first-order chi connectivity index (χ1) is 13.1. The van der Waals surface area contributed by atoms with Gasteiger partial charge in [0.1, 0.15) is 0 Å². The molecule has 1 heterocycles. The predicted octanol–water partition coefficient (Wildman–Crippen LogP) is 4.90. The van der Waals surface area contributed by atoms with Gasteiger partial charge < -0.3 is 5.32 Å². The zero-order valence-electron chi connectivity index (χ0n) is 14.8. The molecule has 3 aromatic rings. The molecule has 0 radical (unpaired) electrons. The first-order valence-corrected chi connectivity index (χ1v) is 9.67. The minimum absolute atomic E-state index is 0.128. The zero-order valence-corrected chi connectivity index (χ0v) is 16.4. The van der Waals surface area contributed by atoms with Gasteiger partial charge in [-0.3, -0.25) is 9.36 Å². The van der Waals surface area contributed by atoms with Gasteiger partial charge >= 0.3 is 0 Å². The zero-order chi connectivity index (χ0) is 19.2. The van der Waals surface area contributed by atoms with Crippen molar-refractivity contribution in [1.82, 2.24) is 14.8 Å². The molecule has 0 aliphatic carbocycles. The van der Waals surface area contributed by atoms with Crippen LogP contribution in [0.3, 0.4) is 0 Å². The highest BCUT2D eigenvalue weighted by atomic mass is 35.5. The molecule has 0 unspecified atom stereocenters. The minimum Gasteiger partial charge on any atom is -0.325 e. The van der Waals surface area contributed by atoms with Gasteiger partial charge in [0.2, 0.25) is 5.91 Å². The summed E-state index contributed by atoms with van der Waals surface area (Å²) in [5, 5.41) is 12.3. The lowest BCUT2D eigenvalue weighted by atomic mass is 10.2. The lowest BCUT2D eigenvalue weighted by Gasteiger charge is -2.13. The number of nitrogens with one attached hydrogen (secondary N) is 1. The molecule has 0 saturated carbocycles. The number of rotatable bonds is 7. The molecule has 1 N–H and O–H groups in total. The maximum Gasteiger partial charge on any atom is 0.237 e. The smallest absolute Gasteiger partial charge is 0.237 e. The van der Waals surface area contributed by atoms with Crippen LogP contribution < -0.4 is 5.32 Å². The van der Waals surface area contributed by atoms with Gasteiger partial charge in [-0.15, -0.1) is 16.8 Å². The molecule has 138 valence electrons. The predicted molar refractivity (Wildman–Crippen MR) is 111 cm³/mol. The number of amides is 1. The van der Waals surface area contributed by atoms with E-state index in [4.69, 9.17) is 11.6 Å². The van der Waals surface area contributed by atoms with E-state index in [1.54, 1.807) is 30.3 Å². The molecule has 27 heavy (non-hydrogen) atoms. The number of anilines is 1. The third-order valence-electron chi connectivity index (χ3n) is 3.80. The summed E-state index contributed by atoms with van der Waals surface area (Å²) in [7, 11) is 0. The van der Waals surface area contributed by atoms with E-state index in [-0.39, 0.29) is 11.2 Å². The lowest BCUT2D eigenvalue weighted by molar-refractivity contribution is -0.115. The summed E-state index contributed by atoms with van der Waals surface area (Å²) < 4.78 is 1.95. The van der Waals surface area contributed by atoms with Crippen molar-refractivity contribution in [3.63, 3.8) is 0 Å². The van der Waals surface area contributed by atoms with Gasteiger partial charge in [0, 0.05) is 22.8 Å². The van der Waals surface area contributed by atoms with E-state index in [1.165, 1.54) is 11.8 Å². The second-order valence-electron chi connectivity index (χ2n) is 5.83. The number of hydrogen-bond donors (Lipinski definition) is 1. The summed E-state index contributed by atoms with van der Waals surface area (Å²) in [6.45, 7) is 6.20. The number of nitrogens with zero attached hydrogens (tertiary/aromatic N) is 3. The van der Waals surface area contributed by atoms with Gasteiger partial charge in [-0.05, 0) is 25.1 Å². The van der Waals surface area contributed by atoms with Crippen LogP contribution in [0.1, 0.15) is 6.92 Å². The number of halogens is 1. The monoisotopic (exact) mass is 398 g/mol. The number of hydrogen-bond acceptors (Lipinski definition) is 4. The van der Waals surface area contributed by atoms with Gasteiger partial charge in [-0.25, -0.2) is 0 Å². The van der Waals surface area contributed by atoms with E-state index >= 15 is 0 Å². The average Bonchev–Trinajstić information content (AvgIpc) is 3.05. The Balaban J connectivity index is 1.77. The summed E-state index contributed by atoms with van der Waals surface area (Å²) >= 11 is 7.32. The van der Waals surface area contributed by atoms with Crippen molar-refractivity contribution in [3.8, 4) is 11.4 Å². The Hall–Kier alpha value is -2.57. The van der Waals surface area contributed by atoms with Crippen LogP contribution in [0, 0.1) is 0 Å². The van der Waals surface area contributed by atoms with Crippen LogP contribution in [0.4, 0.5) is 5.69 Å². The molecule has 2 aromatic carbocycles. The fraction of sp³-hybridized carbons (Fsp3) is 0.150. The van der Waals surface area contributed by atoms with Gasteiger partial charge in [-0.2, -0.15) is 0 Å². The minimum atomic E-state index is -0.361. The van der Waals surface area contributed by atoms with Crippen LogP contribution in [0.15, 0.2) is 72.4 Å². The number of carbonyl (C=O) groups excluding carboxylic acids is 1. The molecule has 5 nitrogen and oxygen atoms in total. The topological polar surface area (TPSA) is 59.8 Å². The Labute approximate surface area is 167 Å². The van der Waals surface area contributed by atoms with Crippen molar-refractivity contribution in [2.75, 3.05) is 5.32 Å². The fourth-order valence-corrected chi connectivity index (χ4v) is 3.54. The Bertz CT molecular complexity index is 942. The summed E-state index contributed by atoms with van der Waals surface area (Å²) in [4.78, 5) is 12.5.